The molecule has 0 bridgehead atoms. The van der Waals surface area contributed by atoms with Gasteiger partial charge in [0.2, 0.25) is 11.8 Å². The number of likely N-dealkylation sites (tertiary alicyclic amines) is 1. The quantitative estimate of drug-likeness (QED) is 0.118. The second-order valence-electron chi connectivity index (χ2n) is 11.0. The average molecular weight is 570 g/mol. The fourth-order valence-electron chi connectivity index (χ4n) is 4.66. The highest BCUT2D eigenvalue weighted by Gasteiger charge is 2.39. The van der Waals surface area contributed by atoms with E-state index in [1.807, 2.05) is 13.8 Å². The second-order valence-corrected chi connectivity index (χ2v) is 11.0. The first-order valence-corrected chi connectivity index (χ1v) is 13.7. The van der Waals surface area contributed by atoms with Gasteiger partial charge in [0.1, 0.15) is 35.1 Å². The van der Waals surface area contributed by atoms with Crippen molar-refractivity contribution in [3.8, 4) is 23.0 Å². The summed E-state index contributed by atoms with van der Waals surface area (Å²) in [7, 11) is 0. The van der Waals surface area contributed by atoms with Crippen molar-refractivity contribution in [3.05, 3.63) is 47.5 Å². The summed E-state index contributed by atoms with van der Waals surface area (Å²) in [6.45, 7) is 7.59. The minimum Gasteiger partial charge on any atom is -0.508 e. The third-order valence-corrected chi connectivity index (χ3v) is 7.24. The van der Waals surface area contributed by atoms with Crippen LogP contribution in [0.5, 0.6) is 23.0 Å². The number of phenols is 3. The molecule has 2 aromatic carbocycles. The van der Waals surface area contributed by atoms with Crippen molar-refractivity contribution in [2.24, 2.45) is 17.6 Å². The normalized spacial score (nSPS) is 16.5. The van der Waals surface area contributed by atoms with Gasteiger partial charge in [-0.15, -0.1) is 0 Å². The zero-order valence-electron chi connectivity index (χ0n) is 23.8. The van der Waals surface area contributed by atoms with E-state index in [1.165, 1.54) is 41.3 Å². The van der Waals surface area contributed by atoms with Crippen molar-refractivity contribution in [1.29, 1.82) is 0 Å². The lowest BCUT2D eigenvalue weighted by molar-refractivity contribution is -0.144. The van der Waals surface area contributed by atoms with Gasteiger partial charge in [-0.2, -0.15) is 0 Å². The summed E-state index contributed by atoms with van der Waals surface area (Å²) in [5.41, 5.74) is 6.42. The molecule has 1 fully saturated rings. The summed E-state index contributed by atoms with van der Waals surface area (Å²) in [5, 5.41) is 32.7. The number of ether oxygens (including phenoxy) is 1. The number of carbonyl (C=O) groups excluding carboxylic acids is 4. The molecule has 6 N–H and O–H groups in total. The maximum absolute atomic E-state index is 13.1. The van der Waals surface area contributed by atoms with Crippen molar-refractivity contribution >= 4 is 23.6 Å². The number of hydrogen-bond donors (Lipinski definition) is 5. The highest BCUT2D eigenvalue weighted by molar-refractivity contribution is 5.99. The second kappa shape index (κ2) is 13.5. The van der Waals surface area contributed by atoms with Crippen LogP contribution in [0.2, 0.25) is 0 Å². The fourth-order valence-corrected chi connectivity index (χ4v) is 4.66. The molecule has 41 heavy (non-hydrogen) atoms. The van der Waals surface area contributed by atoms with E-state index in [2.05, 4.69) is 5.32 Å². The van der Waals surface area contributed by atoms with E-state index >= 15 is 0 Å². The smallest absolute Gasteiger partial charge is 0.334 e. The number of phenolic OH excluding ortho intramolecular Hbond substituents is 3. The Hall–Kier alpha value is -4.12. The maximum atomic E-state index is 13.1. The molecule has 3 atom stereocenters. The third kappa shape index (κ3) is 7.75. The number of amides is 2. The molecule has 1 heterocycles. The highest BCUT2D eigenvalue weighted by Crippen LogP contribution is 2.28. The van der Waals surface area contributed by atoms with E-state index in [0.29, 0.717) is 24.9 Å². The summed E-state index contributed by atoms with van der Waals surface area (Å²) in [4.78, 5) is 52.9. The fraction of sp³-hybridized carbons (Fsp3) is 0.467. The lowest BCUT2D eigenvalue weighted by Gasteiger charge is -2.29. The predicted molar refractivity (Wildman–Crippen MR) is 150 cm³/mol. The van der Waals surface area contributed by atoms with Gasteiger partial charge in [-0.25, -0.2) is 4.79 Å². The van der Waals surface area contributed by atoms with Crippen molar-refractivity contribution in [2.45, 2.75) is 71.5 Å². The number of aryl methyl sites for hydroxylation is 1. The Labute approximate surface area is 239 Å². The molecule has 1 aliphatic heterocycles. The minimum absolute atomic E-state index is 0.0235. The summed E-state index contributed by atoms with van der Waals surface area (Å²) in [6, 6.07) is 5.43. The van der Waals surface area contributed by atoms with Crippen LogP contribution in [0, 0.1) is 11.8 Å². The maximum Gasteiger partial charge on any atom is 0.334 e. The molecule has 1 saturated heterocycles. The van der Waals surface area contributed by atoms with E-state index in [9.17, 15) is 34.5 Å². The SMILES string of the molecule is CC(C)C(N)C(=O)N1CCC[C@H]1C(=O)N[C@H](C(=O)Oc1ccc(CCC(=O)c2cc(O)ccc2O)c(O)c1)C(C)C. The standard InChI is InChI=1S/C30H39N3O8/c1-16(2)26(31)29(39)33-13-5-6-22(33)28(38)32-27(17(3)4)30(40)41-20-10-7-18(25(37)15-20)8-11-23(35)21-14-19(34)9-12-24(21)36/h7,9-10,12,14-17,22,26-27,34,36-37H,5-6,8,11,13,31H2,1-4H3,(H,32,38)/t22-,26?,27-/m0/s1. The Morgan fingerprint density at radius 2 is 1.71 bits per heavy atom. The number of nitrogens with zero attached hydrogens (tertiary/aromatic N) is 1. The van der Waals surface area contributed by atoms with E-state index in [0.717, 1.165) is 0 Å². The first kappa shape index (κ1) is 31.4. The predicted octanol–water partition coefficient (Wildman–Crippen LogP) is 2.64. The van der Waals surface area contributed by atoms with Gasteiger partial charge in [-0.1, -0.05) is 33.8 Å². The van der Waals surface area contributed by atoms with Crippen LogP contribution in [0.15, 0.2) is 36.4 Å². The molecule has 11 nitrogen and oxygen atoms in total. The lowest BCUT2D eigenvalue weighted by atomic mass is 10.0. The molecule has 11 heteroatoms. The number of hydrogen-bond acceptors (Lipinski definition) is 9. The first-order chi connectivity index (χ1) is 19.3. The van der Waals surface area contributed by atoms with Crippen LogP contribution in [-0.2, 0) is 20.8 Å². The number of ketones is 1. The van der Waals surface area contributed by atoms with Crippen molar-refractivity contribution in [2.75, 3.05) is 6.54 Å². The summed E-state index contributed by atoms with van der Waals surface area (Å²) in [5.74, 6) is -2.87. The average Bonchev–Trinajstić information content (AvgIpc) is 3.41. The highest BCUT2D eigenvalue weighted by atomic mass is 16.5. The van der Waals surface area contributed by atoms with Gasteiger partial charge in [0.15, 0.2) is 5.78 Å². The van der Waals surface area contributed by atoms with E-state index in [4.69, 9.17) is 10.5 Å². The van der Waals surface area contributed by atoms with E-state index in [-0.39, 0.29) is 59.1 Å². The molecule has 0 aliphatic carbocycles. The Kier molecular flexibility index (Phi) is 10.3. The number of nitrogens with one attached hydrogen (secondary N) is 1. The molecule has 0 aromatic heterocycles. The first-order valence-electron chi connectivity index (χ1n) is 13.7. The van der Waals surface area contributed by atoms with Gasteiger partial charge in [0, 0.05) is 19.0 Å². The third-order valence-electron chi connectivity index (χ3n) is 7.24. The zero-order valence-corrected chi connectivity index (χ0v) is 23.8. The zero-order chi connectivity index (χ0) is 30.4. The van der Waals surface area contributed by atoms with Crippen LogP contribution in [0.1, 0.15) is 62.9 Å². The Morgan fingerprint density at radius 3 is 2.34 bits per heavy atom. The summed E-state index contributed by atoms with van der Waals surface area (Å²) in [6.07, 6.45) is 1.20. The summed E-state index contributed by atoms with van der Waals surface area (Å²) < 4.78 is 5.46. The van der Waals surface area contributed by atoms with E-state index in [1.54, 1.807) is 13.8 Å². The molecule has 1 unspecified atom stereocenters. The molecule has 2 aromatic rings. The molecule has 0 radical (unpaired) electrons. The van der Waals surface area contributed by atoms with Gasteiger partial charge in [-0.3, -0.25) is 14.4 Å². The minimum atomic E-state index is -1.01. The number of nitrogens with two attached hydrogens (primary N) is 1. The molecule has 1 aliphatic rings. The molecular formula is C30H39N3O8. The van der Waals surface area contributed by atoms with Crippen LogP contribution in [0.3, 0.4) is 0 Å². The van der Waals surface area contributed by atoms with Gasteiger partial charge in [0.25, 0.3) is 0 Å². The number of Topliss-reactive ketones (excluding diaryl/α,β-unsaturated/α-hetero) is 1. The Bertz CT molecular complexity index is 1290. The Morgan fingerprint density at radius 1 is 1.00 bits per heavy atom. The molecule has 0 saturated carbocycles. The van der Waals surface area contributed by atoms with Crippen LogP contribution in [-0.4, -0.2) is 68.5 Å². The largest absolute Gasteiger partial charge is 0.508 e. The molecule has 222 valence electrons. The summed E-state index contributed by atoms with van der Waals surface area (Å²) >= 11 is 0. The van der Waals surface area contributed by atoms with Gasteiger partial charge >= 0.3 is 5.97 Å². The van der Waals surface area contributed by atoms with E-state index < -0.39 is 35.8 Å². The topological polar surface area (TPSA) is 179 Å². The molecular weight excluding hydrogens is 530 g/mol. The molecule has 2 amide bonds. The van der Waals surface area contributed by atoms with Gasteiger partial charge in [0.05, 0.1) is 11.6 Å². The Balaban J connectivity index is 1.63. The number of benzene rings is 2. The van der Waals surface area contributed by atoms with Crippen molar-refractivity contribution in [3.63, 3.8) is 0 Å². The molecule has 3 rings (SSSR count). The lowest BCUT2D eigenvalue weighted by Crippen LogP contribution is -2.56. The van der Waals surface area contributed by atoms with Gasteiger partial charge in [-0.05, 0) is 60.9 Å². The van der Waals surface area contributed by atoms with Crippen molar-refractivity contribution in [1.82, 2.24) is 10.2 Å². The number of rotatable bonds is 11. The number of esters is 1. The van der Waals surface area contributed by atoms with Crippen LogP contribution in [0.25, 0.3) is 0 Å². The monoisotopic (exact) mass is 569 g/mol. The van der Waals surface area contributed by atoms with Crippen LogP contribution in [0.4, 0.5) is 0 Å². The molecule has 0 spiro atoms. The number of carbonyl (C=O) groups is 4. The van der Waals surface area contributed by atoms with Crippen LogP contribution < -0.4 is 15.8 Å². The van der Waals surface area contributed by atoms with Gasteiger partial charge < -0.3 is 36.0 Å². The van der Waals surface area contributed by atoms with Crippen molar-refractivity contribution < 1.29 is 39.2 Å². The van der Waals surface area contributed by atoms with Crippen LogP contribution >= 0.6 is 0 Å². The number of aromatic hydroxyl groups is 3.